The molecule has 1 amide bonds. The van der Waals surface area contributed by atoms with Crippen LogP contribution in [0.15, 0.2) is 12.7 Å². The van der Waals surface area contributed by atoms with Crippen molar-refractivity contribution >= 4 is 11.9 Å². The molecule has 15 heavy (non-hydrogen) atoms. The molecule has 0 aromatic rings. The van der Waals surface area contributed by atoms with Gasteiger partial charge in [0.05, 0.1) is 5.54 Å². The number of carbonyl (C=O) groups excluding carboxylic acids is 1. The van der Waals surface area contributed by atoms with Crippen molar-refractivity contribution in [1.29, 1.82) is 0 Å². The highest BCUT2D eigenvalue weighted by molar-refractivity contribution is 5.89. The van der Waals surface area contributed by atoms with Gasteiger partial charge < -0.3 is 15.7 Å². The Hall–Kier alpha value is -1.36. The summed E-state index contributed by atoms with van der Waals surface area (Å²) in [5.41, 5.74) is -0.783. The second-order valence-electron chi connectivity index (χ2n) is 3.76. The Morgan fingerprint density at radius 3 is 2.40 bits per heavy atom. The Bertz CT molecular complexity index is 261. The molecule has 0 heterocycles. The van der Waals surface area contributed by atoms with Crippen LogP contribution in [0.3, 0.4) is 0 Å². The Kier molecular flexibility index (Phi) is 5.00. The number of carboxylic acid groups (broad SMARTS) is 1. The number of carboxylic acids is 1. The fraction of sp³-hybridized carbons (Fsp3) is 0.600. The first-order valence-electron chi connectivity index (χ1n) is 4.68. The molecular formula is C10H18N2O3. The van der Waals surface area contributed by atoms with E-state index in [1.54, 1.807) is 20.9 Å². The maximum absolute atomic E-state index is 11.6. The van der Waals surface area contributed by atoms with Crippen molar-refractivity contribution in [3.63, 3.8) is 0 Å². The van der Waals surface area contributed by atoms with E-state index < -0.39 is 17.6 Å². The smallest absolute Gasteiger partial charge is 0.326 e. The molecule has 0 saturated heterocycles. The summed E-state index contributed by atoms with van der Waals surface area (Å²) in [4.78, 5) is 22.4. The average Bonchev–Trinajstić information content (AvgIpc) is 2.16. The summed E-state index contributed by atoms with van der Waals surface area (Å²) in [6, 6.07) is -0.914. The highest BCUT2D eigenvalue weighted by atomic mass is 16.4. The Morgan fingerprint density at radius 2 is 2.07 bits per heavy atom. The zero-order valence-corrected chi connectivity index (χ0v) is 9.33. The van der Waals surface area contributed by atoms with Gasteiger partial charge in [-0.3, -0.25) is 4.79 Å². The maximum atomic E-state index is 11.6. The van der Waals surface area contributed by atoms with Crippen LogP contribution in [-0.4, -0.2) is 35.6 Å². The summed E-state index contributed by atoms with van der Waals surface area (Å²) in [5, 5.41) is 14.0. The molecule has 1 atom stereocenters. The lowest BCUT2D eigenvalue weighted by atomic mass is 10.0. The molecule has 0 aliphatic rings. The summed E-state index contributed by atoms with van der Waals surface area (Å²) in [5.74, 6) is -1.41. The van der Waals surface area contributed by atoms with Crippen molar-refractivity contribution in [1.82, 2.24) is 10.6 Å². The summed E-state index contributed by atoms with van der Waals surface area (Å²) in [6.45, 7) is 6.79. The molecule has 86 valence electrons. The first kappa shape index (κ1) is 13.6. The largest absolute Gasteiger partial charge is 0.480 e. The summed E-state index contributed by atoms with van der Waals surface area (Å²) >= 11 is 0. The quantitative estimate of drug-likeness (QED) is 0.549. The zero-order chi connectivity index (χ0) is 12.1. The first-order chi connectivity index (χ1) is 6.85. The predicted molar refractivity (Wildman–Crippen MR) is 57.5 cm³/mol. The number of hydrogen-bond donors (Lipinski definition) is 3. The van der Waals surface area contributed by atoms with Crippen LogP contribution in [0.5, 0.6) is 0 Å². The van der Waals surface area contributed by atoms with Crippen molar-refractivity contribution < 1.29 is 14.7 Å². The van der Waals surface area contributed by atoms with Gasteiger partial charge in [-0.1, -0.05) is 6.08 Å². The fourth-order valence-electron chi connectivity index (χ4n) is 0.840. The molecule has 0 aliphatic carbocycles. The van der Waals surface area contributed by atoms with Crippen LogP contribution < -0.4 is 10.6 Å². The highest BCUT2D eigenvalue weighted by Crippen LogP contribution is 2.03. The third kappa shape index (κ3) is 4.12. The van der Waals surface area contributed by atoms with Crippen molar-refractivity contribution in [3.8, 4) is 0 Å². The molecule has 0 saturated carbocycles. The van der Waals surface area contributed by atoms with E-state index in [1.807, 2.05) is 0 Å². The molecule has 0 radical (unpaired) electrons. The van der Waals surface area contributed by atoms with Crippen molar-refractivity contribution in [2.75, 3.05) is 7.05 Å². The second kappa shape index (κ2) is 5.50. The molecule has 3 N–H and O–H groups in total. The van der Waals surface area contributed by atoms with Gasteiger partial charge in [0.15, 0.2) is 0 Å². The van der Waals surface area contributed by atoms with Crippen LogP contribution in [0.1, 0.15) is 20.3 Å². The van der Waals surface area contributed by atoms with Gasteiger partial charge in [0.25, 0.3) is 0 Å². The highest BCUT2D eigenvalue weighted by Gasteiger charge is 2.29. The van der Waals surface area contributed by atoms with Crippen LogP contribution in [0.2, 0.25) is 0 Å². The molecule has 0 bridgehead atoms. The molecule has 0 spiro atoms. The average molecular weight is 214 g/mol. The van der Waals surface area contributed by atoms with Gasteiger partial charge >= 0.3 is 5.97 Å². The van der Waals surface area contributed by atoms with Gasteiger partial charge in [0.1, 0.15) is 6.04 Å². The minimum atomic E-state index is -1.06. The van der Waals surface area contributed by atoms with Gasteiger partial charge in [-0.2, -0.15) is 0 Å². The fourth-order valence-corrected chi connectivity index (χ4v) is 0.840. The number of aliphatic carboxylic acids is 1. The molecule has 0 aliphatic heterocycles. The van der Waals surface area contributed by atoms with E-state index in [-0.39, 0.29) is 12.3 Å². The molecule has 0 fully saturated rings. The number of hydrogen-bond acceptors (Lipinski definition) is 3. The number of likely N-dealkylation sites (N-methyl/N-ethyl adjacent to an activating group) is 1. The van der Waals surface area contributed by atoms with E-state index in [0.29, 0.717) is 0 Å². The van der Waals surface area contributed by atoms with E-state index in [4.69, 9.17) is 5.11 Å². The number of amides is 1. The molecule has 0 aromatic heterocycles. The number of carbonyl (C=O) groups is 2. The Labute approximate surface area is 89.6 Å². The van der Waals surface area contributed by atoms with Crippen LogP contribution >= 0.6 is 0 Å². The van der Waals surface area contributed by atoms with E-state index in [0.717, 1.165) is 0 Å². The monoisotopic (exact) mass is 214 g/mol. The minimum absolute atomic E-state index is 0.209. The summed E-state index contributed by atoms with van der Waals surface area (Å²) in [6.07, 6.45) is 1.67. The number of rotatable bonds is 6. The molecule has 1 unspecified atom stereocenters. The van der Waals surface area contributed by atoms with Crippen molar-refractivity contribution in [2.45, 2.75) is 31.8 Å². The van der Waals surface area contributed by atoms with Crippen LogP contribution in [0.25, 0.3) is 0 Å². The van der Waals surface area contributed by atoms with Gasteiger partial charge in [0, 0.05) is 0 Å². The normalized spacial score (nSPS) is 13.0. The van der Waals surface area contributed by atoms with Crippen molar-refractivity contribution in [3.05, 3.63) is 12.7 Å². The number of nitrogens with one attached hydrogen (secondary N) is 2. The third-order valence-corrected chi connectivity index (χ3v) is 2.20. The predicted octanol–water partition coefficient (Wildman–Crippen LogP) is 0.130. The lowest BCUT2D eigenvalue weighted by molar-refractivity contribution is -0.142. The molecule has 0 rings (SSSR count). The maximum Gasteiger partial charge on any atom is 0.326 e. The standard InChI is InChI=1S/C10H18N2O3/c1-5-6-7(8(13)14)12-9(15)10(2,3)11-4/h5,7,11H,1,6H2,2-4H3,(H,12,15)(H,13,14). The summed E-state index contributed by atoms with van der Waals surface area (Å²) < 4.78 is 0. The topological polar surface area (TPSA) is 78.4 Å². The van der Waals surface area contributed by atoms with Gasteiger partial charge in [-0.05, 0) is 27.3 Å². The first-order valence-corrected chi connectivity index (χ1v) is 4.68. The van der Waals surface area contributed by atoms with E-state index in [1.165, 1.54) is 6.08 Å². The second-order valence-corrected chi connectivity index (χ2v) is 3.76. The van der Waals surface area contributed by atoms with Gasteiger partial charge in [0.2, 0.25) is 5.91 Å². The lowest BCUT2D eigenvalue weighted by Gasteiger charge is -2.24. The molecular weight excluding hydrogens is 196 g/mol. The van der Waals surface area contributed by atoms with Crippen LogP contribution in [0.4, 0.5) is 0 Å². The van der Waals surface area contributed by atoms with E-state index in [2.05, 4.69) is 17.2 Å². The lowest BCUT2D eigenvalue weighted by Crippen LogP contribution is -2.55. The molecule has 0 aromatic carbocycles. The van der Waals surface area contributed by atoms with E-state index >= 15 is 0 Å². The third-order valence-electron chi connectivity index (χ3n) is 2.20. The van der Waals surface area contributed by atoms with Crippen molar-refractivity contribution in [2.24, 2.45) is 0 Å². The Morgan fingerprint density at radius 1 is 1.53 bits per heavy atom. The SMILES string of the molecule is C=CCC(NC(=O)C(C)(C)NC)C(=O)O. The molecule has 5 nitrogen and oxygen atoms in total. The summed E-state index contributed by atoms with van der Waals surface area (Å²) in [7, 11) is 1.64. The van der Waals surface area contributed by atoms with Gasteiger partial charge in [-0.25, -0.2) is 4.79 Å². The van der Waals surface area contributed by atoms with Crippen LogP contribution in [-0.2, 0) is 9.59 Å². The molecule has 5 heteroatoms. The zero-order valence-electron chi connectivity index (χ0n) is 9.33. The van der Waals surface area contributed by atoms with Crippen LogP contribution in [0, 0.1) is 0 Å². The minimum Gasteiger partial charge on any atom is -0.480 e. The van der Waals surface area contributed by atoms with E-state index in [9.17, 15) is 9.59 Å². The van der Waals surface area contributed by atoms with Gasteiger partial charge in [-0.15, -0.1) is 6.58 Å². The Balaban J connectivity index is 4.48.